The molecule has 0 radical (unpaired) electrons. The normalized spacial score (nSPS) is 18.1. The van der Waals surface area contributed by atoms with E-state index in [2.05, 4.69) is 0 Å². The number of methoxy groups -OCH3 is 2. The van der Waals surface area contributed by atoms with E-state index in [0.29, 0.717) is 22.4 Å². The van der Waals surface area contributed by atoms with Gasteiger partial charge in [0.05, 0.1) is 20.8 Å². The first-order chi connectivity index (χ1) is 13.5. The van der Waals surface area contributed by atoms with Crippen LogP contribution in [0.25, 0.3) is 11.0 Å². The van der Waals surface area contributed by atoms with Crippen molar-refractivity contribution in [3.05, 3.63) is 52.4 Å². The van der Waals surface area contributed by atoms with Crippen LogP contribution in [0.1, 0.15) is 11.7 Å². The fraction of sp³-hybridized carbons (Fsp3) is 0.250. The van der Waals surface area contributed by atoms with Crippen molar-refractivity contribution in [3.63, 3.8) is 0 Å². The van der Waals surface area contributed by atoms with Crippen molar-refractivity contribution in [2.24, 2.45) is 0 Å². The molecule has 0 fully saturated rings. The number of phenolic OH excluding ortho intramolecular Hbond substituents is 1. The van der Waals surface area contributed by atoms with Gasteiger partial charge in [-0.15, -0.1) is 0 Å². The summed E-state index contributed by atoms with van der Waals surface area (Å²) < 4.78 is 27.8. The van der Waals surface area contributed by atoms with Gasteiger partial charge < -0.3 is 33.6 Å². The van der Waals surface area contributed by atoms with Crippen LogP contribution in [0.4, 0.5) is 0 Å². The molecule has 2 heterocycles. The van der Waals surface area contributed by atoms with E-state index >= 15 is 0 Å². The van der Waals surface area contributed by atoms with E-state index in [9.17, 15) is 15.0 Å². The molecule has 8 heteroatoms. The van der Waals surface area contributed by atoms with E-state index in [1.807, 2.05) is 0 Å². The van der Waals surface area contributed by atoms with E-state index in [4.69, 9.17) is 23.4 Å². The Labute approximate surface area is 159 Å². The fourth-order valence-electron chi connectivity index (χ4n) is 3.23. The van der Waals surface area contributed by atoms with E-state index in [1.165, 1.54) is 26.4 Å². The van der Waals surface area contributed by atoms with Gasteiger partial charge in [0, 0.05) is 17.0 Å². The van der Waals surface area contributed by atoms with E-state index in [0.717, 1.165) is 0 Å². The summed E-state index contributed by atoms with van der Waals surface area (Å²) in [7, 11) is 2.93. The molecule has 1 aliphatic heterocycles. The van der Waals surface area contributed by atoms with Crippen molar-refractivity contribution in [1.82, 2.24) is 0 Å². The average molecular weight is 386 g/mol. The van der Waals surface area contributed by atoms with E-state index in [-0.39, 0.29) is 29.4 Å². The van der Waals surface area contributed by atoms with Crippen molar-refractivity contribution < 1.29 is 33.6 Å². The second-order valence-corrected chi connectivity index (χ2v) is 6.22. The third-order valence-corrected chi connectivity index (χ3v) is 4.57. The summed E-state index contributed by atoms with van der Waals surface area (Å²) in [5.74, 6) is 1.05. The topological polar surface area (TPSA) is 108 Å². The molecule has 0 amide bonds. The van der Waals surface area contributed by atoms with Gasteiger partial charge in [-0.05, 0) is 24.3 Å². The van der Waals surface area contributed by atoms with Crippen molar-refractivity contribution >= 4 is 11.0 Å². The predicted molar refractivity (Wildman–Crippen MR) is 98.6 cm³/mol. The van der Waals surface area contributed by atoms with Gasteiger partial charge in [-0.1, -0.05) is 6.07 Å². The zero-order chi connectivity index (χ0) is 19.8. The number of aromatic hydroxyl groups is 1. The number of phenols is 1. The second kappa shape index (κ2) is 6.97. The van der Waals surface area contributed by atoms with Crippen LogP contribution >= 0.6 is 0 Å². The number of ether oxygens (including phenoxy) is 4. The minimum absolute atomic E-state index is 0.0671. The van der Waals surface area contributed by atoms with Gasteiger partial charge in [0.25, 0.3) is 0 Å². The molecule has 28 heavy (non-hydrogen) atoms. The first-order valence-corrected chi connectivity index (χ1v) is 8.51. The summed E-state index contributed by atoms with van der Waals surface area (Å²) in [4.78, 5) is 11.7. The molecule has 2 N–H and O–H groups in total. The van der Waals surface area contributed by atoms with E-state index in [1.54, 1.807) is 24.3 Å². The van der Waals surface area contributed by atoms with Crippen LogP contribution in [-0.2, 0) is 0 Å². The Hall–Kier alpha value is -3.39. The highest BCUT2D eigenvalue weighted by atomic mass is 16.6. The Balaban J connectivity index is 1.86. The van der Waals surface area contributed by atoms with Gasteiger partial charge in [-0.2, -0.15) is 0 Å². The number of aliphatic hydroxyl groups excluding tert-OH is 1. The van der Waals surface area contributed by atoms with Gasteiger partial charge >= 0.3 is 5.63 Å². The summed E-state index contributed by atoms with van der Waals surface area (Å²) in [6.45, 7) is -0.368. The molecule has 4 rings (SSSR count). The SMILES string of the molecule is COc1ccc([C@H]2Oc3c(OC)cc4ccc(=O)oc4c3O[C@@H]2CO)cc1O. The number of benzene rings is 2. The van der Waals surface area contributed by atoms with Gasteiger partial charge in [0.2, 0.25) is 11.5 Å². The quantitative estimate of drug-likeness (QED) is 0.658. The fourth-order valence-corrected chi connectivity index (χ4v) is 3.23. The van der Waals surface area contributed by atoms with Crippen molar-refractivity contribution in [2.45, 2.75) is 12.2 Å². The Kier molecular flexibility index (Phi) is 4.48. The summed E-state index contributed by atoms with van der Waals surface area (Å²) in [5, 5.41) is 20.5. The molecule has 0 bridgehead atoms. The third-order valence-electron chi connectivity index (χ3n) is 4.57. The smallest absolute Gasteiger partial charge is 0.336 e. The van der Waals surface area contributed by atoms with Crippen LogP contribution in [-0.4, -0.2) is 37.1 Å². The van der Waals surface area contributed by atoms with Crippen LogP contribution in [0.3, 0.4) is 0 Å². The largest absolute Gasteiger partial charge is 0.504 e. The monoisotopic (exact) mass is 386 g/mol. The van der Waals surface area contributed by atoms with Gasteiger partial charge in [0.15, 0.2) is 35.0 Å². The minimum atomic E-state index is -0.805. The van der Waals surface area contributed by atoms with Crippen molar-refractivity contribution in [2.75, 3.05) is 20.8 Å². The highest BCUT2D eigenvalue weighted by Gasteiger charge is 2.37. The lowest BCUT2D eigenvalue weighted by Gasteiger charge is -2.34. The molecule has 2 aromatic carbocycles. The Morgan fingerprint density at radius 2 is 1.79 bits per heavy atom. The predicted octanol–water partition coefficient (Wildman–Crippen LogP) is 2.39. The molecular weight excluding hydrogens is 368 g/mol. The van der Waals surface area contributed by atoms with Gasteiger partial charge in [0.1, 0.15) is 0 Å². The highest BCUT2D eigenvalue weighted by molar-refractivity contribution is 5.88. The average Bonchev–Trinajstić information content (AvgIpc) is 2.72. The Morgan fingerprint density at radius 1 is 1.00 bits per heavy atom. The molecule has 0 saturated heterocycles. The van der Waals surface area contributed by atoms with Gasteiger partial charge in [-0.25, -0.2) is 4.79 Å². The Morgan fingerprint density at radius 3 is 2.46 bits per heavy atom. The first-order valence-electron chi connectivity index (χ1n) is 8.51. The van der Waals surface area contributed by atoms with Crippen LogP contribution in [0, 0.1) is 0 Å². The lowest BCUT2D eigenvalue weighted by atomic mass is 10.0. The molecular formula is C20H18O8. The minimum Gasteiger partial charge on any atom is -0.504 e. The molecule has 146 valence electrons. The van der Waals surface area contributed by atoms with E-state index < -0.39 is 17.8 Å². The maximum absolute atomic E-state index is 11.7. The lowest BCUT2D eigenvalue weighted by molar-refractivity contribution is -0.0135. The molecule has 3 aromatic rings. The Bertz CT molecular complexity index is 1090. The maximum atomic E-state index is 11.7. The zero-order valence-corrected chi connectivity index (χ0v) is 15.2. The number of hydrogen-bond acceptors (Lipinski definition) is 8. The second-order valence-electron chi connectivity index (χ2n) is 6.22. The first kappa shape index (κ1) is 18.0. The lowest BCUT2D eigenvalue weighted by Crippen LogP contribution is -2.36. The number of aliphatic hydroxyl groups is 1. The maximum Gasteiger partial charge on any atom is 0.336 e. The van der Waals surface area contributed by atoms with Crippen LogP contribution in [0.2, 0.25) is 0 Å². The molecule has 0 unspecified atom stereocenters. The molecule has 0 spiro atoms. The molecule has 2 atom stereocenters. The molecule has 0 aliphatic carbocycles. The molecule has 0 saturated carbocycles. The zero-order valence-electron chi connectivity index (χ0n) is 15.2. The standard InChI is InChI=1S/C20H18O8/c1-24-13-5-3-10(7-12(13)22)17-15(9-21)26-20-18-11(4-6-16(23)27-18)8-14(25-2)19(20)28-17/h3-8,15,17,21-22H,9H2,1-2H3/t15-,17-/m1/s1. The number of fused-ring (bicyclic) bond motifs is 3. The summed E-state index contributed by atoms with van der Waals surface area (Å²) >= 11 is 0. The molecule has 8 nitrogen and oxygen atoms in total. The van der Waals surface area contributed by atoms with Crippen LogP contribution < -0.4 is 24.6 Å². The van der Waals surface area contributed by atoms with Crippen LogP contribution in [0.15, 0.2) is 45.6 Å². The summed E-state index contributed by atoms with van der Waals surface area (Å²) in [5.41, 5.74) is 0.239. The van der Waals surface area contributed by atoms with Crippen molar-refractivity contribution in [3.8, 4) is 28.7 Å². The van der Waals surface area contributed by atoms with Crippen molar-refractivity contribution in [1.29, 1.82) is 0 Å². The number of rotatable bonds is 4. The molecule has 1 aliphatic rings. The highest BCUT2D eigenvalue weighted by Crippen LogP contribution is 2.49. The van der Waals surface area contributed by atoms with Gasteiger partial charge in [-0.3, -0.25) is 0 Å². The number of hydrogen-bond donors (Lipinski definition) is 2. The molecule has 1 aromatic heterocycles. The summed E-state index contributed by atoms with van der Waals surface area (Å²) in [6.07, 6.45) is -1.54. The third kappa shape index (κ3) is 2.87. The summed E-state index contributed by atoms with van der Waals surface area (Å²) in [6, 6.07) is 9.33. The van der Waals surface area contributed by atoms with Crippen LogP contribution in [0.5, 0.6) is 28.7 Å².